The van der Waals surface area contributed by atoms with E-state index < -0.39 is 5.60 Å². The average molecular weight is 377 g/mol. The molecule has 1 amide bonds. The Labute approximate surface area is 138 Å². The molecule has 0 radical (unpaired) electrons. The molecule has 0 atom stereocenters. The van der Waals surface area contributed by atoms with Crippen LogP contribution in [0.2, 0.25) is 5.02 Å². The number of hydrogen-bond donors (Lipinski definition) is 2. The summed E-state index contributed by atoms with van der Waals surface area (Å²) in [5, 5.41) is 13.5. The van der Waals surface area contributed by atoms with Crippen LogP contribution >= 0.6 is 27.5 Å². The molecule has 0 saturated heterocycles. The lowest BCUT2D eigenvalue weighted by atomic mass is 9.85. The fourth-order valence-electron chi connectivity index (χ4n) is 2.44. The molecule has 0 unspecified atom stereocenters. The molecule has 1 saturated carbocycles. The van der Waals surface area contributed by atoms with Crippen molar-refractivity contribution in [3.8, 4) is 5.75 Å². The monoisotopic (exact) mass is 375 g/mol. The van der Waals surface area contributed by atoms with Crippen molar-refractivity contribution in [2.75, 3.05) is 13.2 Å². The third-order valence-corrected chi connectivity index (χ3v) is 4.44. The molecule has 1 fully saturated rings. The van der Waals surface area contributed by atoms with Gasteiger partial charge in [0.25, 0.3) is 5.91 Å². The summed E-state index contributed by atoms with van der Waals surface area (Å²) < 4.78 is 6.23. The number of ether oxygens (including phenoxy) is 1. The molecular formula is C15H19BrClNO3. The molecule has 1 aromatic carbocycles. The van der Waals surface area contributed by atoms with Gasteiger partial charge in [0.05, 0.1) is 10.6 Å². The maximum absolute atomic E-state index is 11.8. The standard InChI is InChI=1S/C15H19BrClNO3/c16-11-4-5-13(12(17)8-11)21-9-14(19)18-10-15(20)6-2-1-3-7-15/h4-5,8,20H,1-3,6-7,9-10H2,(H,18,19). The maximum Gasteiger partial charge on any atom is 0.258 e. The molecule has 4 nitrogen and oxygen atoms in total. The Morgan fingerprint density at radius 3 is 2.76 bits per heavy atom. The molecule has 2 rings (SSSR count). The molecule has 2 N–H and O–H groups in total. The van der Waals surface area contributed by atoms with E-state index >= 15 is 0 Å². The lowest BCUT2D eigenvalue weighted by molar-refractivity contribution is -0.124. The fourth-order valence-corrected chi connectivity index (χ4v) is 3.16. The number of hydrogen-bond acceptors (Lipinski definition) is 3. The summed E-state index contributed by atoms with van der Waals surface area (Å²) in [4.78, 5) is 11.8. The Morgan fingerprint density at radius 1 is 1.38 bits per heavy atom. The van der Waals surface area contributed by atoms with Crippen LogP contribution in [0, 0.1) is 0 Å². The first-order chi connectivity index (χ1) is 9.98. The van der Waals surface area contributed by atoms with Crippen molar-refractivity contribution >= 4 is 33.4 Å². The van der Waals surface area contributed by atoms with Gasteiger partial charge < -0.3 is 15.2 Å². The number of carbonyl (C=O) groups excluding carboxylic acids is 1. The van der Waals surface area contributed by atoms with Gasteiger partial charge in [-0.3, -0.25) is 4.79 Å². The summed E-state index contributed by atoms with van der Waals surface area (Å²) in [5.41, 5.74) is -0.761. The van der Waals surface area contributed by atoms with Crippen LogP contribution in [0.25, 0.3) is 0 Å². The maximum atomic E-state index is 11.8. The minimum Gasteiger partial charge on any atom is -0.482 e. The van der Waals surface area contributed by atoms with Crippen LogP contribution in [0.15, 0.2) is 22.7 Å². The summed E-state index contributed by atoms with van der Waals surface area (Å²) >= 11 is 9.31. The van der Waals surface area contributed by atoms with Crippen LogP contribution in [0.4, 0.5) is 0 Å². The first-order valence-electron chi connectivity index (χ1n) is 7.05. The molecule has 1 aliphatic carbocycles. The number of rotatable bonds is 5. The van der Waals surface area contributed by atoms with E-state index in [0.29, 0.717) is 10.8 Å². The molecule has 0 heterocycles. The highest BCUT2D eigenvalue weighted by molar-refractivity contribution is 9.10. The molecule has 0 aliphatic heterocycles. The first-order valence-corrected chi connectivity index (χ1v) is 8.23. The third kappa shape index (κ3) is 5.16. The van der Waals surface area contributed by atoms with Gasteiger partial charge >= 0.3 is 0 Å². The largest absolute Gasteiger partial charge is 0.482 e. The van der Waals surface area contributed by atoms with Gasteiger partial charge in [-0.05, 0) is 31.0 Å². The molecule has 1 aliphatic rings. The first kappa shape index (κ1) is 16.6. The zero-order valence-corrected chi connectivity index (χ0v) is 14.0. The van der Waals surface area contributed by atoms with Crippen LogP contribution in [0.1, 0.15) is 32.1 Å². The second-order valence-corrected chi connectivity index (χ2v) is 6.75. The highest BCUT2D eigenvalue weighted by Gasteiger charge is 2.29. The van der Waals surface area contributed by atoms with Gasteiger partial charge in [-0.2, -0.15) is 0 Å². The molecule has 0 spiro atoms. The van der Waals surface area contributed by atoms with E-state index in [0.717, 1.165) is 36.6 Å². The van der Waals surface area contributed by atoms with Crippen LogP contribution in [0.3, 0.4) is 0 Å². The predicted molar refractivity (Wildman–Crippen MR) is 85.7 cm³/mol. The fraction of sp³-hybridized carbons (Fsp3) is 0.533. The van der Waals surface area contributed by atoms with Gasteiger partial charge in [0.15, 0.2) is 6.61 Å². The smallest absolute Gasteiger partial charge is 0.258 e. The van der Waals surface area contributed by atoms with Crippen molar-refractivity contribution in [2.24, 2.45) is 0 Å². The Balaban J connectivity index is 1.77. The Kier molecular flexibility index (Phi) is 5.90. The van der Waals surface area contributed by atoms with E-state index in [9.17, 15) is 9.90 Å². The molecule has 116 valence electrons. The minimum absolute atomic E-state index is 0.114. The Bertz CT molecular complexity index is 504. The van der Waals surface area contributed by atoms with Crippen LogP contribution in [-0.2, 0) is 4.79 Å². The summed E-state index contributed by atoms with van der Waals surface area (Å²) in [7, 11) is 0. The normalized spacial score (nSPS) is 17.3. The van der Waals surface area contributed by atoms with Crippen molar-refractivity contribution in [3.05, 3.63) is 27.7 Å². The van der Waals surface area contributed by atoms with E-state index in [-0.39, 0.29) is 19.1 Å². The van der Waals surface area contributed by atoms with Crippen LogP contribution in [-0.4, -0.2) is 29.8 Å². The number of halogens is 2. The number of nitrogens with one attached hydrogen (secondary N) is 1. The molecular weight excluding hydrogens is 358 g/mol. The Morgan fingerprint density at radius 2 is 2.10 bits per heavy atom. The third-order valence-electron chi connectivity index (χ3n) is 3.65. The lowest BCUT2D eigenvalue weighted by Gasteiger charge is -2.32. The zero-order valence-electron chi connectivity index (χ0n) is 11.7. The van der Waals surface area contributed by atoms with Gasteiger partial charge in [0, 0.05) is 11.0 Å². The van der Waals surface area contributed by atoms with Crippen LogP contribution in [0.5, 0.6) is 5.75 Å². The van der Waals surface area contributed by atoms with E-state index in [1.807, 2.05) is 0 Å². The molecule has 0 bridgehead atoms. The van der Waals surface area contributed by atoms with Gasteiger partial charge in [0.1, 0.15) is 5.75 Å². The van der Waals surface area contributed by atoms with Gasteiger partial charge in [-0.1, -0.05) is 46.8 Å². The lowest BCUT2D eigenvalue weighted by Crippen LogP contribution is -2.45. The van der Waals surface area contributed by atoms with E-state index in [1.54, 1.807) is 18.2 Å². The predicted octanol–water partition coefficient (Wildman–Crippen LogP) is 3.29. The number of carbonyl (C=O) groups is 1. The van der Waals surface area contributed by atoms with Crippen molar-refractivity contribution in [1.82, 2.24) is 5.32 Å². The Hall–Kier alpha value is -0.780. The molecule has 6 heteroatoms. The van der Waals surface area contributed by atoms with Crippen LogP contribution < -0.4 is 10.1 Å². The van der Waals surface area contributed by atoms with E-state index in [4.69, 9.17) is 16.3 Å². The summed E-state index contributed by atoms with van der Waals surface area (Å²) in [6.07, 6.45) is 4.66. The summed E-state index contributed by atoms with van der Waals surface area (Å²) in [5.74, 6) is 0.208. The molecule has 21 heavy (non-hydrogen) atoms. The highest BCUT2D eigenvalue weighted by Crippen LogP contribution is 2.28. The quantitative estimate of drug-likeness (QED) is 0.829. The van der Waals surface area contributed by atoms with Crippen molar-refractivity contribution < 1.29 is 14.6 Å². The van der Waals surface area contributed by atoms with Crippen molar-refractivity contribution in [3.63, 3.8) is 0 Å². The van der Waals surface area contributed by atoms with Gasteiger partial charge in [-0.25, -0.2) is 0 Å². The number of benzene rings is 1. The average Bonchev–Trinajstić information content (AvgIpc) is 2.45. The molecule has 1 aromatic rings. The zero-order chi connectivity index (χ0) is 15.3. The SMILES string of the molecule is O=C(COc1ccc(Br)cc1Cl)NCC1(O)CCCCC1. The number of aliphatic hydroxyl groups is 1. The summed E-state index contributed by atoms with van der Waals surface area (Å²) in [6.45, 7) is 0.167. The minimum atomic E-state index is -0.761. The van der Waals surface area contributed by atoms with Crippen molar-refractivity contribution in [2.45, 2.75) is 37.7 Å². The van der Waals surface area contributed by atoms with E-state index in [2.05, 4.69) is 21.2 Å². The molecule has 0 aromatic heterocycles. The summed E-state index contributed by atoms with van der Waals surface area (Å²) in [6, 6.07) is 5.21. The van der Waals surface area contributed by atoms with Gasteiger partial charge in [-0.15, -0.1) is 0 Å². The topological polar surface area (TPSA) is 58.6 Å². The number of amides is 1. The van der Waals surface area contributed by atoms with Crippen molar-refractivity contribution in [1.29, 1.82) is 0 Å². The highest BCUT2D eigenvalue weighted by atomic mass is 79.9. The second-order valence-electron chi connectivity index (χ2n) is 5.43. The van der Waals surface area contributed by atoms with E-state index in [1.165, 1.54) is 0 Å². The van der Waals surface area contributed by atoms with Gasteiger partial charge in [0.2, 0.25) is 0 Å². The second kappa shape index (κ2) is 7.47.